The van der Waals surface area contributed by atoms with Gasteiger partial charge in [-0.3, -0.25) is 0 Å². The molecule has 0 saturated heterocycles. The first-order chi connectivity index (χ1) is 9.95. The molecule has 0 spiro atoms. The van der Waals surface area contributed by atoms with Crippen molar-refractivity contribution in [2.45, 2.75) is 50.1 Å². The van der Waals surface area contributed by atoms with Crippen LogP contribution in [0.15, 0.2) is 27.6 Å². The van der Waals surface area contributed by atoms with Crippen molar-refractivity contribution in [1.82, 2.24) is 9.62 Å². The number of hydrogen-bond donors (Lipinski definition) is 1. The summed E-state index contributed by atoms with van der Waals surface area (Å²) in [6.45, 7) is 3.39. The van der Waals surface area contributed by atoms with Crippen molar-refractivity contribution in [2.75, 3.05) is 13.6 Å². The smallest absolute Gasteiger partial charge is 0.243 e. The van der Waals surface area contributed by atoms with Gasteiger partial charge >= 0.3 is 0 Å². The van der Waals surface area contributed by atoms with Crippen LogP contribution in [0.5, 0.6) is 0 Å². The van der Waals surface area contributed by atoms with E-state index in [2.05, 4.69) is 28.2 Å². The first kappa shape index (κ1) is 16.9. The van der Waals surface area contributed by atoms with Gasteiger partial charge in [-0.2, -0.15) is 0 Å². The SMILES string of the molecule is CCCCN(C)S(=O)(=O)c1ccc(CNC2CC2)cc1Br. The molecule has 0 aromatic heterocycles. The van der Waals surface area contributed by atoms with Gasteiger partial charge in [0.1, 0.15) is 0 Å². The minimum Gasteiger partial charge on any atom is -0.310 e. The Morgan fingerprint density at radius 2 is 2.10 bits per heavy atom. The molecule has 0 bridgehead atoms. The molecule has 1 aromatic carbocycles. The molecule has 1 fully saturated rings. The van der Waals surface area contributed by atoms with Crippen LogP contribution < -0.4 is 5.32 Å². The number of rotatable bonds is 8. The second-order valence-electron chi connectivity index (χ2n) is 5.60. The number of nitrogens with zero attached hydrogens (tertiary/aromatic N) is 1. The third kappa shape index (κ3) is 4.52. The molecular weight excluding hydrogens is 352 g/mol. The molecule has 0 aliphatic heterocycles. The van der Waals surface area contributed by atoms with Crippen molar-refractivity contribution in [3.63, 3.8) is 0 Å². The third-order valence-corrected chi connectivity index (χ3v) is 6.52. The van der Waals surface area contributed by atoms with Crippen LogP contribution in [0.3, 0.4) is 0 Å². The van der Waals surface area contributed by atoms with Gasteiger partial charge in [0, 0.05) is 30.7 Å². The van der Waals surface area contributed by atoms with Crippen LogP contribution in [-0.2, 0) is 16.6 Å². The van der Waals surface area contributed by atoms with Gasteiger partial charge in [0.15, 0.2) is 0 Å². The lowest BCUT2D eigenvalue weighted by Gasteiger charge is -2.18. The summed E-state index contributed by atoms with van der Waals surface area (Å²) in [6.07, 6.45) is 4.34. The average Bonchev–Trinajstić information content (AvgIpc) is 3.26. The van der Waals surface area contributed by atoms with E-state index < -0.39 is 10.0 Å². The quantitative estimate of drug-likeness (QED) is 0.760. The fourth-order valence-corrected chi connectivity index (χ4v) is 4.37. The molecule has 0 unspecified atom stereocenters. The highest BCUT2D eigenvalue weighted by Crippen LogP contribution is 2.26. The van der Waals surface area contributed by atoms with E-state index in [0.717, 1.165) is 24.9 Å². The van der Waals surface area contributed by atoms with Crippen LogP contribution >= 0.6 is 15.9 Å². The van der Waals surface area contributed by atoms with E-state index in [4.69, 9.17) is 0 Å². The molecule has 21 heavy (non-hydrogen) atoms. The summed E-state index contributed by atoms with van der Waals surface area (Å²) in [5.41, 5.74) is 1.10. The molecule has 0 amide bonds. The van der Waals surface area contributed by atoms with Crippen molar-refractivity contribution in [2.24, 2.45) is 0 Å². The van der Waals surface area contributed by atoms with Crippen molar-refractivity contribution in [3.8, 4) is 0 Å². The van der Waals surface area contributed by atoms with E-state index in [1.165, 1.54) is 17.1 Å². The molecule has 118 valence electrons. The highest BCUT2D eigenvalue weighted by atomic mass is 79.9. The molecule has 4 nitrogen and oxygen atoms in total. The highest BCUT2D eigenvalue weighted by Gasteiger charge is 2.23. The maximum atomic E-state index is 12.5. The number of unbranched alkanes of at least 4 members (excludes halogenated alkanes) is 1. The lowest BCUT2D eigenvalue weighted by Crippen LogP contribution is -2.28. The Hall–Kier alpha value is -0.430. The van der Waals surface area contributed by atoms with E-state index in [0.29, 0.717) is 22.0 Å². The van der Waals surface area contributed by atoms with Crippen LogP contribution in [0.2, 0.25) is 0 Å². The summed E-state index contributed by atoms with van der Waals surface area (Å²) in [5, 5.41) is 3.43. The Labute approximate surface area is 136 Å². The van der Waals surface area contributed by atoms with Gasteiger partial charge in [-0.15, -0.1) is 0 Å². The Morgan fingerprint density at radius 1 is 1.38 bits per heavy atom. The monoisotopic (exact) mass is 374 g/mol. The number of halogens is 1. The largest absolute Gasteiger partial charge is 0.310 e. The molecule has 0 radical (unpaired) electrons. The third-order valence-electron chi connectivity index (χ3n) is 3.68. The maximum Gasteiger partial charge on any atom is 0.243 e. The van der Waals surface area contributed by atoms with Crippen LogP contribution in [0.25, 0.3) is 0 Å². The van der Waals surface area contributed by atoms with E-state index in [1.807, 2.05) is 12.1 Å². The summed E-state index contributed by atoms with van der Waals surface area (Å²) >= 11 is 3.41. The minimum atomic E-state index is -3.41. The second kappa shape index (κ2) is 7.22. The van der Waals surface area contributed by atoms with Gasteiger partial charge < -0.3 is 5.32 Å². The van der Waals surface area contributed by atoms with E-state index in [1.54, 1.807) is 13.1 Å². The first-order valence-corrected chi connectivity index (χ1v) is 9.66. The normalized spacial score (nSPS) is 15.6. The van der Waals surface area contributed by atoms with Crippen LogP contribution in [-0.4, -0.2) is 32.4 Å². The van der Waals surface area contributed by atoms with Crippen LogP contribution in [0.1, 0.15) is 38.2 Å². The van der Waals surface area contributed by atoms with Crippen LogP contribution in [0.4, 0.5) is 0 Å². The van der Waals surface area contributed by atoms with E-state index in [-0.39, 0.29) is 0 Å². The maximum absolute atomic E-state index is 12.5. The Balaban J connectivity index is 2.10. The Morgan fingerprint density at radius 3 is 2.67 bits per heavy atom. The molecule has 0 atom stereocenters. The molecule has 1 saturated carbocycles. The average molecular weight is 375 g/mol. The molecule has 1 aliphatic carbocycles. The van der Waals surface area contributed by atoms with Crippen molar-refractivity contribution in [3.05, 3.63) is 28.2 Å². The molecule has 0 heterocycles. The number of nitrogens with one attached hydrogen (secondary N) is 1. The van der Waals surface area contributed by atoms with Gasteiger partial charge in [0.2, 0.25) is 10.0 Å². The van der Waals surface area contributed by atoms with Crippen molar-refractivity contribution in [1.29, 1.82) is 0 Å². The predicted octanol–water partition coefficient (Wildman–Crippen LogP) is 3.12. The fourth-order valence-electron chi connectivity index (χ4n) is 2.08. The molecule has 1 N–H and O–H groups in total. The zero-order valence-electron chi connectivity index (χ0n) is 12.6. The first-order valence-electron chi connectivity index (χ1n) is 7.43. The summed E-state index contributed by atoms with van der Waals surface area (Å²) in [6, 6.07) is 6.13. The molecule has 1 aliphatic rings. The Bertz CT molecular complexity index is 585. The van der Waals surface area contributed by atoms with E-state index >= 15 is 0 Å². The highest BCUT2D eigenvalue weighted by molar-refractivity contribution is 9.10. The van der Waals surface area contributed by atoms with E-state index in [9.17, 15) is 8.42 Å². The van der Waals surface area contributed by atoms with Gasteiger partial charge in [0.25, 0.3) is 0 Å². The predicted molar refractivity (Wildman–Crippen MR) is 88.7 cm³/mol. The summed E-state index contributed by atoms with van der Waals surface area (Å²) < 4.78 is 27.1. The van der Waals surface area contributed by atoms with Crippen LogP contribution in [0, 0.1) is 0 Å². The summed E-state index contributed by atoms with van der Waals surface area (Å²) in [5.74, 6) is 0. The number of hydrogen-bond acceptors (Lipinski definition) is 3. The van der Waals surface area contributed by atoms with Crippen molar-refractivity contribution < 1.29 is 8.42 Å². The van der Waals surface area contributed by atoms with Crippen molar-refractivity contribution >= 4 is 26.0 Å². The van der Waals surface area contributed by atoms with Gasteiger partial charge in [-0.05, 0) is 52.9 Å². The Kier molecular flexibility index (Phi) is 5.82. The standard InChI is InChI=1S/C15H23BrN2O2S/c1-3-4-9-18(2)21(19,20)15-8-5-12(10-14(15)16)11-17-13-6-7-13/h5,8,10,13,17H,3-4,6-7,9,11H2,1-2H3. The number of benzene rings is 1. The molecule has 1 aromatic rings. The van der Waals surface area contributed by atoms with Gasteiger partial charge in [0.05, 0.1) is 4.90 Å². The summed E-state index contributed by atoms with van der Waals surface area (Å²) in [7, 11) is -1.77. The zero-order chi connectivity index (χ0) is 15.5. The van der Waals surface area contributed by atoms with Gasteiger partial charge in [-0.25, -0.2) is 12.7 Å². The topological polar surface area (TPSA) is 49.4 Å². The molecular formula is C15H23BrN2O2S. The zero-order valence-corrected chi connectivity index (χ0v) is 15.0. The second-order valence-corrected chi connectivity index (χ2v) is 8.47. The molecule has 2 rings (SSSR count). The molecule has 6 heteroatoms. The lowest BCUT2D eigenvalue weighted by atomic mass is 10.2. The number of sulfonamides is 1. The van der Waals surface area contributed by atoms with Gasteiger partial charge in [-0.1, -0.05) is 19.4 Å². The fraction of sp³-hybridized carbons (Fsp3) is 0.600. The lowest BCUT2D eigenvalue weighted by molar-refractivity contribution is 0.459. The summed E-state index contributed by atoms with van der Waals surface area (Å²) in [4.78, 5) is 0.344. The minimum absolute atomic E-state index is 0.344.